The highest BCUT2D eigenvalue weighted by molar-refractivity contribution is 6.12. The Kier molecular flexibility index (Phi) is 7.76. The summed E-state index contributed by atoms with van der Waals surface area (Å²) in [4.78, 5) is 55.4. The van der Waals surface area contributed by atoms with Crippen LogP contribution in [0.4, 0.5) is 11.6 Å². The molecule has 2 fully saturated rings. The van der Waals surface area contributed by atoms with Gasteiger partial charge in [0.2, 0.25) is 23.7 Å². The van der Waals surface area contributed by atoms with Crippen molar-refractivity contribution in [3.8, 4) is 0 Å². The lowest BCUT2D eigenvalue weighted by Crippen LogP contribution is -2.53. The molecule has 1 aromatic heterocycles. The van der Waals surface area contributed by atoms with E-state index in [1.807, 2.05) is 80.6 Å². The minimum absolute atomic E-state index is 0.103. The van der Waals surface area contributed by atoms with Crippen LogP contribution in [0.5, 0.6) is 0 Å². The molecule has 2 aromatic carbocycles. The molecule has 1 saturated carbocycles. The summed E-state index contributed by atoms with van der Waals surface area (Å²) in [6.07, 6.45) is 3.38. The summed E-state index contributed by atoms with van der Waals surface area (Å²) in [5.41, 5.74) is 3.02. The molecule has 200 valence electrons. The number of carbonyl (C=O) groups is 3. The fourth-order valence-corrected chi connectivity index (χ4v) is 5.44. The lowest BCUT2D eigenvalue weighted by molar-refractivity contribution is -0.147. The number of nitrogens with one attached hydrogen (secondary N) is 2. The highest BCUT2D eigenvalue weighted by Crippen LogP contribution is 2.39. The number of anilines is 1. The van der Waals surface area contributed by atoms with Gasteiger partial charge in [0.05, 0.1) is 11.8 Å². The molecule has 2 heterocycles. The maximum Gasteiger partial charge on any atom is 0.253 e. The normalized spacial score (nSPS) is 19.9. The first kappa shape index (κ1) is 26.2. The predicted molar refractivity (Wildman–Crippen MR) is 148 cm³/mol. The van der Waals surface area contributed by atoms with E-state index in [9.17, 15) is 14.4 Å². The van der Waals surface area contributed by atoms with Crippen LogP contribution < -0.4 is 10.6 Å². The molecule has 1 aliphatic carbocycles. The van der Waals surface area contributed by atoms with Crippen LogP contribution in [0, 0.1) is 25.7 Å². The van der Waals surface area contributed by atoms with Crippen molar-refractivity contribution < 1.29 is 14.4 Å². The van der Waals surface area contributed by atoms with Crippen LogP contribution in [0.15, 0.2) is 71.7 Å². The van der Waals surface area contributed by atoms with Crippen LogP contribution >= 0.6 is 0 Å². The number of likely N-dealkylation sites (tertiary alicyclic amines) is 1. The van der Waals surface area contributed by atoms with E-state index in [-0.39, 0.29) is 42.0 Å². The van der Waals surface area contributed by atoms with Gasteiger partial charge in [0.15, 0.2) is 0 Å². The Morgan fingerprint density at radius 2 is 1.49 bits per heavy atom. The van der Waals surface area contributed by atoms with Crippen LogP contribution in [0.2, 0.25) is 0 Å². The van der Waals surface area contributed by atoms with E-state index in [0.717, 1.165) is 29.8 Å². The van der Waals surface area contributed by atoms with E-state index in [1.54, 1.807) is 0 Å². The summed E-state index contributed by atoms with van der Waals surface area (Å²) >= 11 is 0. The van der Waals surface area contributed by atoms with Gasteiger partial charge in [0, 0.05) is 23.5 Å². The summed E-state index contributed by atoms with van der Waals surface area (Å²) in [7, 11) is 0. The number of hydrogen-bond acceptors (Lipinski definition) is 6. The fourth-order valence-electron chi connectivity index (χ4n) is 5.44. The molecule has 3 unspecified atom stereocenters. The zero-order valence-electron chi connectivity index (χ0n) is 22.1. The van der Waals surface area contributed by atoms with Gasteiger partial charge in [-0.2, -0.15) is 4.99 Å². The molecule has 0 bridgehead atoms. The van der Waals surface area contributed by atoms with Crippen LogP contribution in [-0.4, -0.2) is 44.6 Å². The Balaban J connectivity index is 1.48. The molecule has 9 heteroatoms. The SMILES string of the molecule is Cc1cc(C)nc(/N=C(\NC(=O)C(Cc2ccccc2)N2C(=O)C3CCCCC3C2=O)Nc2ccccc2)n1. The summed E-state index contributed by atoms with van der Waals surface area (Å²) in [6.45, 7) is 3.69. The standard InChI is InChI=1S/C30H32N6O3/c1-19-17-20(2)32-29(31-19)35-30(33-22-13-7-4-8-14-22)34-26(37)25(18-21-11-5-3-6-12-21)36-27(38)23-15-9-10-16-24(23)28(36)39/h3-8,11-14,17,23-25H,9-10,15-16,18H2,1-2H3,(H2,31,32,33,34,35,37). The van der Waals surface area contributed by atoms with E-state index >= 15 is 0 Å². The van der Waals surface area contributed by atoms with Gasteiger partial charge in [-0.1, -0.05) is 61.4 Å². The lowest BCUT2D eigenvalue weighted by atomic mass is 9.81. The molecule has 2 aliphatic rings. The molecule has 3 amide bonds. The van der Waals surface area contributed by atoms with E-state index in [4.69, 9.17) is 0 Å². The zero-order valence-corrected chi connectivity index (χ0v) is 22.1. The van der Waals surface area contributed by atoms with Crippen LogP contribution in [-0.2, 0) is 20.8 Å². The first-order chi connectivity index (χ1) is 18.9. The van der Waals surface area contributed by atoms with Gasteiger partial charge in [0.1, 0.15) is 6.04 Å². The smallest absolute Gasteiger partial charge is 0.253 e. The molecule has 0 radical (unpaired) electrons. The highest BCUT2D eigenvalue weighted by Gasteiger charge is 2.51. The molecule has 5 rings (SSSR count). The molecule has 0 spiro atoms. The predicted octanol–water partition coefficient (Wildman–Crippen LogP) is 4.10. The van der Waals surface area contributed by atoms with Gasteiger partial charge in [-0.15, -0.1) is 0 Å². The van der Waals surface area contributed by atoms with Gasteiger partial charge in [-0.25, -0.2) is 9.97 Å². The summed E-state index contributed by atoms with van der Waals surface area (Å²) in [5, 5.41) is 5.98. The minimum atomic E-state index is -1.03. The van der Waals surface area contributed by atoms with E-state index < -0.39 is 11.9 Å². The molecule has 2 N–H and O–H groups in total. The molecule has 1 saturated heterocycles. The Morgan fingerprint density at radius 3 is 2.08 bits per heavy atom. The van der Waals surface area contributed by atoms with Crippen molar-refractivity contribution in [1.29, 1.82) is 0 Å². The number of aliphatic imine (C=N–C) groups is 1. The number of aromatic nitrogens is 2. The van der Waals surface area contributed by atoms with Crippen molar-refractivity contribution in [1.82, 2.24) is 20.2 Å². The minimum Gasteiger partial charge on any atom is -0.326 e. The third kappa shape index (κ3) is 6.03. The topological polar surface area (TPSA) is 117 Å². The molecule has 3 aromatic rings. The number of carbonyl (C=O) groups excluding carboxylic acids is 3. The number of rotatable bonds is 6. The fraction of sp³-hybridized carbons (Fsp3) is 0.333. The number of imide groups is 1. The van der Waals surface area contributed by atoms with Crippen molar-refractivity contribution in [2.75, 3.05) is 5.32 Å². The first-order valence-corrected chi connectivity index (χ1v) is 13.3. The number of para-hydroxylation sites is 1. The molecule has 39 heavy (non-hydrogen) atoms. The third-order valence-electron chi connectivity index (χ3n) is 7.22. The van der Waals surface area contributed by atoms with Gasteiger partial charge < -0.3 is 5.32 Å². The first-order valence-electron chi connectivity index (χ1n) is 13.3. The second kappa shape index (κ2) is 11.6. The van der Waals surface area contributed by atoms with E-state index in [0.29, 0.717) is 18.5 Å². The second-order valence-electron chi connectivity index (χ2n) is 10.1. The molecular formula is C30H32N6O3. The quantitative estimate of drug-likeness (QED) is 0.285. The summed E-state index contributed by atoms with van der Waals surface area (Å²) < 4.78 is 0. The van der Waals surface area contributed by atoms with E-state index in [1.165, 1.54) is 4.90 Å². The number of fused-ring (bicyclic) bond motifs is 1. The molecule has 3 atom stereocenters. The molecule has 1 aliphatic heterocycles. The number of amides is 3. The average Bonchev–Trinajstić information content (AvgIpc) is 3.17. The summed E-state index contributed by atoms with van der Waals surface area (Å²) in [6, 6.07) is 19.5. The van der Waals surface area contributed by atoms with Crippen molar-refractivity contribution in [2.24, 2.45) is 16.8 Å². The molecule has 9 nitrogen and oxygen atoms in total. The number of nitrogens with zero attached hydrogens (tertiary/aromatic N) is 4. The van der Waals surface area contributed by atoms with Gasteiger partial charge >= 0.3 is 0 Å². The number of aryl methyl sites for hydroxylation is 2. The monoisotopic (exact) mass is 524 g/mol. The maximum atomic E-state index is 13.9. The Labute approximate surface area is 227 Å². The van der Waals surface area contributed by atoms with Gasteiger partial charge in [-0.05, 0) is 50.5 Å². The van der Waals surface area contributed by atoms with Crippen LogP contribution in [0.3, 0.4) is 0 Å². The second-order valence-corrected chi connectivity index (χ2v) is 10.1. The van der Waals surface area contributed by atoms with Crippen molar-refractivity contribution in [3.63, 3.8) is 0 Å². The largest absolute Gasteiger partial charge is 0.326 e. The third-order valence-corrected chi connectivity index (χ3v) is 7.22. The Bertz CT molecular complexity index is 1350. The van der Waals surface area contributed by atoms with Gasteiger partial charge in [0.25, 0.3) is 5.95 Å². The highest BCUT2D eigenvalue weighted by atomic mass is 16.2. The summed E-state index contributed by atoms with van der Waals surface area (Å²) in [5.74, 6) is -1.43. The lowest BCUT2D eigenvalue weighted by Gasteiger charge is -2.26. The maximum absolute atomic E-state index is 13.9. The van der Waals surface area contributed by atoms with Crippen LogP contribution in [0.1, 0.15) is 42.6 Å². The number of hydrogen-bond donors (Lipinski definition) is 2. The average molecular weight is 525 g/mol. The van der Waals surface area contributed by atoms with E-state index in [2.05, 4.69) is 25.6 Å². The Hall–Kier alpha value is -4.40. The van der Waals surface area contributed by atoms with Crippen molar-refractivity contribution in [2.45, 2.75) is 52.0 Å². The van der Waals surface area contributed by atoms with Crippen LogP contribution in [0.25, 0.3) is 0 Å². The number of guanidine groups is 1. The van der Waals surface area contributed by atoms with Crippen molar-refractivity contribution >= 4 is 35.3 Å². The van der Waals surface area contributed by atoms with Crippen molar-refractivity contribution in [3.05, 3.63) is 83.7 Å². The molecular weight excluding hydrogens is 492 g/mol. The van der Waals surface area contributed by atoms with Gasteiger partial charge in [-0.3, -0.25) is 24.6 Å². The Morgan fingerprint density at radius 1 is 0.923 bits per heavy atom. The number of benzene rings is 2. The zero-order chi connectivity index (χ0) is 27.4.